The van der Waals surface area contributed by atoms with Gasteiger partial charge in [0.2, 0.25) is 10.0 Å². The van der Waals surface area contributed by atoms with Crippen molar-refractivity contribution in [2.24, 2.45) is 0 Å². The summed E-state index contributed by atoms with van der Waals surface area (Å²) < 4.78 is 74.5. The van der Waals surface area contributed by atoms with Crippen LogP contribution in [0.4, 0.5) is 18.9 Å². The molecule has 2 bridgehead atoms. The van der Waals surface area contributed by atoms with E-state index in [1.807, 2.05) is 4.90 Å². The fraction of sp³-hybridized carbons (Fsp3) is 0.519. The average Bonchev–Trinajstić information content (AvgIpc) is 2.89. The molecule has 3 saturated heterocycles. The van der Waals surface area contributed by atoms with Gasteiger partial charge >= 0.3 is 6.18 Å². The molecule has 0 saturated carbocycles. The molecular weight excluding hydrogens is 567 g/mol. The molecule has 1 N–H and O–H groups in total. The van der Waals surface area contributed by atoms with Crippen molar-refractivity contribution in [2.75, 3.05) is 44.3 Å². The third-order valence-electron chi connectivity index (χ3n) is 8.15. The molecule has 218 valence electrons. The molecule has 40 heavy (non-hydrogen) atoms. The number of sulfonamides is 1. The topological polar surface area (TPSA) is 90.4 Å². The molecule has 0 spiro atoms. The molecule has 2 aromatic rings. The van der Waals surface area contributed by atoms with E-state index in [9.17, 15) is 31.5 Å². The molecule has 0 aliphatic carbocycles. The van der Waals surface area contributed by atoms with Crippen LogP contribution in [0.15, 0.2) is 58.3 Å². The number of hydrogen-bond acceptors (Lipinski definition) is 8. The van der Waals surface area contributed by atoms with Crippen molar-refractivity contribution in [2.45, 2.75) is 59.5 Å². The number of ether oxygens (including phenoxy) is 1. The van der Waals surface area contributed by atoms with Crippen molar-refractivity contribution in [1.82, 2.24) is 9.21 Å². The maximum Gasteiger partial charge on any atom is 0.421 e. The number of Topliss-reactive ketones (excluding diaryl/α,β-unsaturated/α-hetero) is 1. The zero-order valence-electron chi connectivity index (χ0n) is 21.9. The van der Waals surface area contributed by atoms with E-state index < -0.39 is 21.8 Å². The van der Waals surface area contributed by atoms with Gasteiger partial charge in [-0.3, -0.25) is 9.69 Å². The summed E-state index contributed by atoms with van der Waals surface area (Å²) in [6.45, 7) is 2.58. The number of thiol groups is 1. The predicted octanol–water partition coefficient (Wildman–Crippen LogP) is 3.06. The third-order valence-corrected chi connectivity index (χ3v) is 10.6. The maximum absolute atomic E-state index is 13.6. The number of halogens is 3. The predicted molar refractivity (Wildman–Crippen MR) is 145 cm³/mol. The summed E-state index contributed by atoms with van der Waals surface area (Å²) >= 11 is 4.35. The first-order chi connectivity index (χ1) is 18.8. The molecule has 13 heteroatoms. The van der Waals surface area contributed by atoms with Crippen LogP contribution >= 0.6 is 12.6 Å². The fourth-order valence-electron chi connectivity index (χ4n) is 5.83. The van der Waals surface area contributed by atoms with Crippen LogP contribution in [-0.4, -0.2) is 92.2 Å². The highest BCUT2D eigenvalue weighted by molar-refractivity contribution is 7.90. The van der Waals surface area contributed by atoms with Gasteiger partial charge in [-0.15, -0.1) is 12.6 Å². The summed E-state index contributed by atoms with van der Waals surface area (Å²) in [6, 6.07) is 11.5. The number of nitrogens with zero attached hydrogens (tertiary/aromatic N) is 3. The van der Waals surface area contributed by atoms with Crippen LogP contribution in [0.25, 0.3) is 0 Å². The van der Waals surface area contributed by atoms with Gasteiger partial charge < -0.3 is 14.7 Å². The largest absolute Gasteiger partial charge is 0.421 e. The van der Waals surface area contributed by atoms with Gasteiger partial charge in [0.15, 0.2) is 5.60 Å². The second-order valence-electron chi connectivity index (χ2n) is 10.8. The summed E-state index contributed by atoms with van der Waals surface area (Å²) in [4.78, 5) is 16.9. The minimum absolute atomic E-state index is 0.109. The van der Waals surface area contributed by atoms with Crippen molar-refractivity contribution >= 4 is 34.1 Å². The quantitative estimate of drug-likeness (QED) is 0.494. The van der Waals surface area contributed by atoms with Crippen molar-refractivity contribution in [3.05, 3.63) is 54.1 Å². The highest BCUT2D eigenvalue weighted by atomic mass is 32.2. The second-order valence-corrected chi connectivity index (χ2v) is 13.2. The first-order valence-electron chi connectivity index (χ1n) is 13.1. The first-order valence-corrected chi connectivity index (χ1v) is 15.0. The van der Waals surface area contributed by atoms with Gasteiger partial charge in [-0.25, -0.2) is 8.42 Å². The smallest absolute Gasteiger partial charge is 0.378 e. The van der Waals surface area contributed by atoms with Gasteiger partial charge in [-0.2, -0.15) is 17.5 Å². The number of rotatable bonds is 6. The summed E-state index contributed by atoms with van der Waals surface area (Å²) in [5.41, 5.74) is -2.67. The molecule has 2 aromatic carbocycles. The number of ketones is 1. The van der Waals surface area contributed by atoms with Gasteiger partial charge in [0, 0.05) is 61.7 Å². The van der Waals surface area contributed by atoms with Gasteiger partial charge in [0.25, 0.3) is 0 Å². The molecule has 0 amide bonds. The van der Waals surface area contributed by atoms with E-state index in [1.165, 1.54) is 34.6 Å². The summed E-state index contributed by atoms with van der Waals surface area (Å²) in [5, 5.41) is 10.1. The van der Waals surface area contributed by atoms with Crippen molar-refractivity contribution in [1.29, 1.82) is 0 Å². The Kier molecular flexibility index (Phi) is 8.01. The number of fused-ring (bicyclic) bond motifs is 2. The number of piperazine rings is 1. The van der Waals surface area contributed by atoms with Gasteiger partial charge in [0.05, 0.1) is 24.2 Å². The lowest BCUT2D eigenvalue weighted by Crippen LogP contribution is -2.64. The maximum atomic E-state index is 13.6. The molecule has 3 aliphatic rings. The summed E-state index contributed by atoms with van der Waals surface area (Å²) in [7, 11) is -3.87. The third kappa shape index (κ3) is 5.51. The number of carbonyl (C=O) groups excluding carboxylic acids is 1. The van der Waals surface area contributed by atoms with Gasteiger partial charge in [0.1, 0.15) is 5.78 Å². The van der Waals surface area contributed by atoms with Crippen LogP contribution in [0.2, 0.25) is 0 Å². The van der Waals surface area contributed by atoms with Crippen molar-refractivity contribution in [3.8, 4) is 0 Å². The lowest BCUT2D eigenvalue weighted by Gasteiger charge is -2.50. The number of carbonyl (C=O) groups is 1. The lowest BCUT2D eigenvalue weighted by molar-refractivity contribution is -0.258. The van der Waals surface area contributed by atoms with Crippen LogP contribution in [0, 0.1) is 0 Å². The van der Waals surface area contributed by atoms with E-state index in [1.54, 1.807) is 18.2 Å². The van der Waals surface area contributed by atoms with E-state index in [-0.39, 0.29) is 47.5 Å². The normalized spacial score (nSPS) is 26.5. The SMILES string of the molecule is C[C@](O)(c1ccc(N2CCN(S(=O)(=O)c3ccccc3S)C[C@@H]2CN2C3COCC2CC(=O)C3)cc1)C(F)(F)F. The summed E-state index contributed by atoms with van der Waals surface area (Å²) in [5.74, 6) is 0.178. The van der Waals surface area contributed by atoms with Gasteiger partial charge in [-0.05, 0) is 36.8 Å². The number of morpholine rings is 1. The summed E-state index contributed by atoms with van der Waals surface area (Å²) in [6.07, 6.45) is -4.12. The number of aliphatic hydroxyl groups is 1. The molecule has 0 radical (unpaired) electrons. The Morgan fingerprint density at radius 2 is 1.65 bits per heavy atom. The minimum Gasteiger partial charge on any atom is -0.378 e. The lowest BCUT2D eigenvalue weighted by atomic mass is 9.92. The highest BCUT2D eigenvalue weighted by Crippen LogP contribution is 2.39. The van der Waals surface area contributed by atoms with Crippen LogP contribution < -0.4 is 4.90 Å². The van der Waals surface area contributed by atoms with E-state index in [0.717, 1.165) is 0 Å². The number of hydrogen-bond donors (Lipinski definition) is 2. The van der Waals surface area contributed by atoms with Crippen LogP contribution in [-0.2, 0) is 25.2 Å². The Labute approximate surface area is 237 Å². The average molecular weight is 600 g/mol. The second kappa shape index (κ2) is 10.9. The zero-order chi connectivity index (χ0) is 28.9. The molecule has 3 heterocycles. The zero-order valence-corrected chi connectivity index (χ0v) is 23.6. The number of alkyl halides is 3. The standard InChI is InChI=1S/C27H32F3N3O5S2/c1-26(35,27(28,29)30)18-6-8-19(9-7-18)32-11-10-31(40(36,37)25-5-3-2-4-24(25)39)14-22(32)15-33-20-12-23(34)13-21(33)17-38-16-20/h2-9,20-22,35,39H,10-17H2,1H3/t20?,21?,22-,26+/m1/s1. The highest BCUT2D eigenvalue weighted by Gasteiger charge is 2.51. The first kappa shape index (κ1) is 29.3. The van der Waals surface area contributed by atoms with E-state index in [4.69, 9.17) is 4.74 Å². The Hall–Kier alpha value is -2.16. The van der Waals surface area contributed by atoms with E-state index in [0.29, 0.717) is 56.7 Å². The Morgan fingerprint density at radius 3 is 2.25 bits per heavy atom. The van der Waals surface area contributed by atoms with Crippen LogP contribution in [0.3, 0.4) is 0 Å². The number of anilines is 1. The number of benzene rings is 2. The van der Waals surface area contributed by atoms with Crippen LogP contribution in [0.1, 0.15) is 25.3 Å². The van der Waals surface area contributed by atoms with Crippen molar-refractivity contribution in [3.63, 3.8) is 0 Å². The van der Waals surface area contributed by atoms with E-state index >= 15 is 0 Å². The van der Waals surface area contributed by atoms with Gasteiger partial charge in [-0.1, -0.05) is 24.3 Å². The molecule has 3 fully saturated rings. The minimum atomic E-state index is -4.84. The molecule has 4 atom stereocenters. The molecular formula is C27H32F3N3O5S2. The van der Waals surface area contributed by atoms with Crippen molar-refractivity contribution < 1.29 is 36.2 Å². The molecule has 5 rings (SSSR count). The molecule has 2 unspecified atom stereocenters. The molecule has 3 aliphatic heterocycles. The fourth-order valence-corrected chi connectivity index (χ4v) is 7.89. The molecule has 0 aromatic heterocycles. The monoisotopic (exact) mass is 599 g/mol. The molecule has 8 nitrogen and oxygen atoms in total. The van der Waals surface area contributed by atoms with Crippen LogP contribution in [0.5, 0.6) is 0 Å². The Morgan fingerprint density at radius 1 is 1.02 bits per heavy atom. The number of piperidine rings is 1. The van der Waals surface area contributed by atoms with E-state index in [2.05, 4.69) is 17.5 Å². The Balaban J connectivity index is 1.45. The Bertz CT molecular complexity index is 1340.